The molecule has 3 aromatic heterocycles. The van der Waals surface area contributed by atoms with Crippen LogP contribution in [0.2, 0.25) is 0 Å². The molecule has 0 saturated carbocycles. The fraction of sp³-hybridized carbons (Fsp3) is 0.273. The first-order chi connectivity index (χ1) is 15.0. The number of aromatic nitrogens is 4. The standard InChI is InChI=1S/C22H21N5O3S/c1-24-20-19(21(29)25(2)22(24)30)26(13-23-20)12-17(28)27-10-8-16-15(9-11-31-16)18(27)14-6-4-3-5-7-14/h3-7,9,11,13,18H,8,10,12H2,1-2H3/t18-/m1/s1. The van der Waals surface area contributed by atoms with Crippen molar-refractivity contribution in [1.29, 1.82) is 0 Å². The third kappa shape index (κ3) is 3.04. The molecule has 0 saturated heterocycles. The van der Waals surface area contributed by atoms with E-state index in [1.54, 1.807) is 23.0 Å². The molecule has 1 aliphatic rings. The summed E-state index contributed by atoms with van der Waals surface area (Å²) in [6.07, 6.45) is 2.27. The number of nitrogens with zero attached hydrogens (tertiary/aromatic N) is 5. The minimum atomic E-state index is -0.457. The highest BCUT2D eigenvalue weighted by Gasteiger charge is 2.33. The van der Waals surface area contributed by atoms with Crippen LogP contribution in [0.3, 0.4) is 0 Å². The summed E-state index contributed by atoms with van der Waals surface area (Å²) in [5, 5.41) is 2.07. The third-order valence-corrected chi connectivity index (χ3v) is 6.92. The second kappa shape index (κ2) is 7.35. The van der Waals surface area contributed by atoms with Crippen LogP contribution in [-0.4, -0.2) is 36.0 Å². The van der Waals surface area contributed by atoms with Crippen molar-refractivity contribution < 1.29 is 4.79 Å². The molecule has 0 fully saturated rings. The number of carbonyl (C=O) groups is 1. The first kappa shape index (κ1) is 19.5. The molecule has 0 N–H and O–H groups in total. The number of amides is 1. The second-order valence-electron chi connectivity index (χ2n) is 7.70. The molecule has 0 bridgehead atoms. The van der Waals surface area contributed by atoms with Crippen molar-refractivity contribution in [3.8, 4) is 0 Å². The van der Waals surface area contributed by atoms with Gasteiger partial charge in [0.05, 0.1) is 12.4 Å². The largest absolute Gasteiger partial charge is 0.332 e. The number of imidazole rings is 1. The lowest BCUT2D eigenvalue weighted by atomic mass is 9.93. The zero-order chi connectivity index (χ0) is 21.7. The lowest BCUT2D eigenvalue weighted by Crippen LogP contribution is -2.42. The Labute approximate surface area is 181 Å². The third-order valence-electron chi connectivity index (χ3n) is 5.92. The minimum Gasteiger partial charge on any atom is -0.330 e. The van der Waals surface area contributed by atoms with Crippen molar-refractivity contribution >= 4 is 28.4 Å². The summed E-state index contributed by atoms with van der Waals surface area (Å²) < 4.78 is 3.91. The molecular weight excluding hydrogens is 414 g/mol. The maximum atomic E-state index is 13.5. The van der Waals surface area contributed by atoms with Gasteiger partial charge in [0.1, 0.15) is 6.54 Å². The number of fused-ring (bicyclic) bond motifs is 2. The van der Waals surface area contributed by atoms with Crippen molar-refractivity contribution in [3.05, 3.63) is 84.9 Å². The molecule has 31 heavy (non-hydrogen) atoms. The van der Waals surface area contributed by atoms with E-state index < -0.39 is 11.2 Å². The van der Waals surface area contributed by atoms with Gasteiger partial charge in [-0.3, -0.25) is 18.7 Å². The van der Waals surface area contributed by atoms with Gasteiger partial charge >= 0.3 is 5.69 Å². The molecule has 9 heteroatoms. The van der Waals surface area contributed by atoms with Crippen molar-refractivity contribution in [1.82, 2.24) is 23.6 Å². The van der Waals surface area contributed by atoms with Crippen molar-refractivity contribution in [3.63, 3.8) is 0 Å². The molecule has 0 radical (unpaired) electrons. The Balaban J connectivity index is 1.55. The summed E-state index contributed by atoms with van der Waals surface area (Å²) in [4.78, 5) is 45.8. The Kier molecular flexibility index (Phi) is 4.62. The number of carbonyl (C=O) groups excluding carboxylic acids is 1. The minimum absolute atomic E-state index is 0.0211. The van der Waals surface area contributed by atoms with E-state index in [0.29, 0.717) is 6.54 Å². The predicted molar refractivity (Wildman–Crippen MR) is 118 cm³/mol. The fourth-order valence-electron chi connectivity index (χ4n) is 4.33. The lowest BCUT2D eigenvalue weighted by Gasteiger charge is -2.36. The van der Waals surface area contributed by atoms with Crippen LogP contribution in [0, 0.1) is 0 Å². The summed E-state index contributed by atoms with van der Waals surface area (Å²) >= 11 is 1.72. The molecule has 4 heterocycles. The van der Waals surface area contributed by atoms with Crippen LogP contribution in [0.15, 0.2) is 57.7 Å². The SMILES string of the molecule is Cn1c(=O)c2c(ncn2CC(=O)N2CCc3sccc3[C@H]2c2ccccc2)n(C)c1=O. The van der Waals surface area contributed by atoms with Gasteiger partial charge in [0.25, 0.3) is 5.56 Å². The van der Waals surface area contributed by atoms with Gasteiger partial charge in [0, 0.05) is 25.5 Å². The Morgan fingerprint density at radius 1 is 1.13 bits per heavy atom. The van der Waals surface area contributed by atoms with E-state index in [9.17, 15) is 14.4 Å². The van der Waals surface area contributed by atoms with Gasteiger partial charge in [-0.05, 0) is 29.0 Å². The number of aryl methyl sites for hydroxylation is 1. The molecule has 0 aliphatic carbocycles. The number of thiophene rings is 1. The van der Waals surface area contributed by atoms with Gasteiger partial charge in [-0.15, -0.1) is 11.3 Å². The van der Waals surface area contributed by atoms with Gasteiger partial charge in [-0.1, -0.05) is 30.3 Å². The highest BCUT2D eigenvalue weighted by atomic mass is 32.1. The van der Waals surface area contributed by atoms with Gasteiger partial charge < -0.3 is 9.47 Å². The lowest BCUT2D eigenvalue weighted by molar-refractivity contribution is -0.133. The number of hydrogen-bond acceptors (Lipinski definition) is 5. The topological polar surface area (TPSA) is 82.1 Å². The molecule has 1 atom stereocenters. The number of hydrogen-bond donors (Lipinski definition) is 0. The van der Waals surface area contributed by atoms with Gasteiger partial charge in [0.15, 0.2) is 11.2 Å². The van der Waals surface area contributed by atoms with Crippen LogP contribution in [0.5, 0.6) is 0 Å². The molecule has 4 aromatic rings. The Morgan fingerprint density at radius 2 is 1.90 bits per heavy atom. The Morgan fingerprint density at radius 3 is 2.68 bits per heavy atom. The molecule has 0 unspecified atom stereocenters. The first-order valence-electron chi connectivity index (χ1n) is 9.99. The van der Waals surface area contributed by atoms with Crippen LogP contribution in [0.1, 0.15) is 22.0 Å². The average molecular weight is 436 g/mol. The van der Waals surface area contributed by atoms with Crippen LogP contribution in [0.4, 0.5) is 0 Å². The van der Waals surface area contributed by atoms with Crippen LogP contribution in [0.25, 0.3) is 11.2 Å². The molecule has 1 aliphatic heterocycles. The first-order valence-corrected chi connectivity index (χ1v) is 10.9. The monoisotopic (exact) mass is 435 g/mol. The molecule has 1 amide bonds. The molecule has 158 valence electrons. The quantitative estimate of drug-likeness (QED) is 0.490. The average Bonchev–Trinajstić information content (AvgIpc) is 3.43. The van der Waals surface area contributed by atoms with Gasteiger partial charge in [-0.2, -0.15) is 0 Å². The zero-order valence-electron chi connectivity index (χ0n) is 17.2. The Hall–Kier alpha value is -3.46. The van der Waals surface area contributed by atoms with E-state index in [0.717, 1.165) is 22.1 Å². The van der Waals surface area contributed by atoms with E-state index >= 15 is 0 Å². The number of rotatable bonds is 3. The van der Waals surface area contributed by atoms with Crippen molar-refractivity contribution in [2.45, 2.75) is 19.0 Å². The molecule has 8 nitrogen and oxygen atoms in total. The van der Waals surface area contributed by atoms with E-state index in [4.69, 9.17) is 0 Å². The summed E-state index contributed by atoms with van der Waals surface area (Å²) in [5.41, 5.74) is 1.84. The summed E-state index contributed by atoms with van der Waals surface area (Å²) in [6.45, 7) is 0.585. The summed E-state index contributed by atoms with van der Waals surface area (Å²) in [7, 11) is 2.99. The highest BCUT2D eigenvalue weighted by Crippen LogP contribution is 2.37. The van der Waals surface area contributed by atoms with E-state index in [1.807, 2.05) is 35.2 Å². The molecule has 0 spiro atoms. The maximum Gasteiger partial charge on any atom is 0.332 e. The zero-order valence-corrected chi connectivity index (χ0v) is 18.0. The molecule has 5 rings (SSSR count). The van der Waals surface area contributed by atoms with Crippen molar-refractivity contribution in [2.75, 3.05) is 6.54 Å². The highest BCUT2D eigenvalue weighted by molar-refractivity contribution is 7.10. The predicted octanol–water partition coefficient (Wildman–Crippen LogP) is 1.67. The fourth-order valence-corrected chi connectivity index (χ4v) is 5.24. The van der Waals surface area contributed by atoms with E-state index in [1.165, 1.54) is 22.8 Å². The second-order valence-corrected chi connectivity index (χ2v) is 8.70. The smallest absolute Gasteiger partial charge is 0.330 e. The molecular formula is C22H21N5O3S. The molecule has 1 aromatic carbocycles. The summed E-state index contributed by atoms with van der Waals surface area (Å²) in [6, 6.07) is 11.9. The normalized spacial score (nSPS) is 15.9. The van der Waals surface area contributed by atoms with Crippen LogP contribution >= 0.6 is 11.3 Å². The van der Waals surface area contributed by atoms with Gasteiger partial charge in [0.2, 0.25) is 5.91 Å². The van der Waals surface area contributed by atoms with Gasteiger partial charge in [-0.25, -0.2) is 9.78 Å². The Bertz CT molecular complexity index is 1410. The maximum absolute atomic E-state index is 13.5. The van der Waals surface area contributed by atoms with Crippen molar-refractivity contribution in [2.24, 2.45) is 14.1 Å². The van der Waals surface area contributed by atoms with Crippen LogP contribution < -0.4 is 11.2 Å². The summed E-state index contributed by atoms with van der Waals surface area (Å²) in [5.74, 6) is -0.0964. The van der Waals surface area contributed by atoms with E-state index in [2.05, 4.69) is 16.4 Å². The van der Waals surface area contributed by atoms with E-state index in [-0.39, 0.29) is 29.7 Å². The number of benzene rings is 1. The van der Waals surface area contributed by atoms with Crippen LogP contribution in [-0.2, 0) is 31.9 Å².